The van der Waals surface area contributed by atoms with Crippen LogP contribution in [0.5, 0.6) is 0 Å². The van der Waals surface area contributed by atoms with E-state index in [0.29, 0.717) is 16.7 Å². The summed E-state index contributed by atoms with van der Waals surface area (Å²) in [5.74, 6) is 0. The molecule has 4 rings (SSSR count). The van der Waals surface area contributed by atoms with Crippen molar-refractivity contribution in [2.24, 2.45) is 5.73 Å². The molecule has 2 aromatic carbocycles. The van der Waals surface area contributed by atoms with E-state index in [1.807, 2.05) is 20.8 Å². The Kier molecular flexibility index (Phi) is 8.51. The smallest absolute Gasteiger partial charge is 0.147 e. The summed E-state index contributed by atoms with van der Waals surface area (Å²) < 4.78 is 0. The van der Waals surface area contributed by atoms with Crippen molar-refractivity contribution in [2.75, 3.05) is 6.54 Å². The highest BCUT2D eigenvalue weighted by Gasteiger charge is 2.09. The largest absolute Gasteiger partial charge is 0.354 e. The third-order valence-corrected chi connectivity index (χ3v) is 5.12. The van der Waals surface area contributed by atoms with Crippen molar-refractivity contribution < 1.29 is 0 Å². The maximum Gasteiger partial charge on any atom is 0.147 e. The second-order valence-corrected chi connectivity index (χ2v) is 7.61. The highest BCUT2D eigenvalue weighted by Crippen LogP contribution is 2.29. The van der Waals surface area contributed by atoms with Crippen LogP contribution < -0.4 is 5.73 Å². The molecule has 0 amide bonds. The minimum absolute atomic E-state index is 0.363. The molecule has 0 spiro atoms. The first kappa shape index (κ1) is 23.2. The average molecular weight is 430 g/mol. The first-order valence-corrected chi connectivity index (χ1v) is 10.6. The van der Waals surface area contributed by atoms with Gasteiger partial charge in [-0.25, -0.2) is 4.98 Å². The lowest BCUT2D eigenvalue weighted by Crippen LogP contribution is -2.03. The molecule has 3 nitrogen and oxygen atoms in total. The van der Waals surface area contributed by atoms with E-state index in [0.717, 1.165) is 12.0 Å². The lowest BCUT2D eigenvalue weighted by atomic mass is 10.0. The zero-order chi connectivity index (χ0) is 21.6. The fourth-order valence-corrected chi connectivity index (χ4v) is 3.54. The zero-order valence-electron chi connectivity index (χ0n) is 17.7. The number of aromatic nitrogens is 2. The van der Waals surface area contributed by atoms with Crippen LogP contribution in [0.4, 0.5) is 0 Å². The minimum Gasteiger partial charge on any atom is -0.354 e. The number of hydrogen-bond acceptors (Lipinski definition) is 2. The van der Waals surface area contributed by atoms with Gasteiger partial charge in [0.05, 0.1) is 5.02 Å². The minimum atomic E-state index is 0.363. The number of halogens is 2. The SMILES string of the molecule is CC.Cc1ccc2[nH]c3c(CCN)cc(C)cc3c2c1.Cc1cnc(Cl)c(Cl)c1. The van der Waals surface area contributed by atoms with E-state index >= 15 is 0 Å². The fraction of sp³-hybridized carbons (Fsp3) is 0.292. The van der Waals surface area contributed by atoms with Crippen molar-refractivity contribution in [2.45, 2.75) is 41.0 Å². The monoisotopic (exact) mass is 429 g/mol. The van der Waals surface area contributed by atoms with Gasteiger partial charge in [0, 0.05) is 28.0 Å². The summed E-state index contributed by atoms with van der Waals surface area (Å²) in [5, 5.41) is 3.50. The number of hydrogen-bond donors (Lipinski definition) is 2. The van der Waals surface area contributed by atoms with Crippen molar-refractivity contribution in [1.82, 2.24) is 9.97 Å². The lowest BCUT2D eigenvalue weighted by Gasteiger charge is -2.03. The fourth-order valence-electron chi connectivity index (χ4n) is 3.22. The summed E-state index contributed by atoms with van der Waals surface area (Å²) in [6.07, 6.45) is 2.60. The van der Waals surface area contributed by atoms with E-state index in [2.05, 4.69) is 54.1 Å². The molecule has 5 heteroatoms. The summed E-state index contributed by atoms with van der Waals surface area (Å²) in [5.41, 5.74) is 13.1. The van der Waals surface area contributed by atoms with E-state index in [1.165, 1.54) is 38.5 Å². The van der Waals surface area contributed by atoms with Crippen LogP contribution in [-0.2, 0) is 6.42 Å². The average Bonchev–Trinajstić information content (AvgIpc) is 3.05. The van der Waals surface area contributed by atoms with Gasteiger partial charge in [-0.2, -0.15) is 0 Å². The van der Waals surface area contributed by atoms with Crippen LogP contribution >= 0.6 is 23.2 Å². The quantitative estimate of drug-likeness (QED) is 0.332. The molecule has 0 fully saturated rings. The van der Waals surface area contributed by atoms with Crippen LogP contribution in [0.1, 0.15) is 36.1 Å². The van der Waals surface area contributed by atoms with Gasteiger partial charge in [0.15, 0.2) is 0 Å². The van der Waals surface area contributed by atoms with Crippen molar-refractivity contribution >= 4 is 45.0 Å². The van der Waals surface area contributed by atoms with Gasteiger partial charge >= 0.3 is 0 Å². The van der Waals surface area contributed by atoms with Gasteiger partial charge in [0.1, 0.15) is 5.15 Å². The molecular weight excluding hydrogens is 401 g/mol. The molecule has 0 atom stereocenters. The summed E-state index contributed by atoms with van der Waals surface area (Å²) in [6.45, 7) is 10.9. The number of H-pyrrole nitrogens is 1. The third-order valence-electron chi connectivity index (χ3n) is 4.44. The Morgan fingerprint density at radius 2 is 1.59 bits per heavy atom. The molecule has 0 bridgehead atoms. The Balaban J connectivity index is 0.000000231. The molecule has 4 aromatic rings. The zero-order valence-corrected chi connectivity index (χ0v) is 19.2. The molecule has 0 aliphatic heterocycles. The number of nitrogens with zero attached hydrogens (tertiary/aromatic N) is 1. The molecule has 2 aromatic heterocycles. The van der Waals surface area contributed by atoms with Crippen LogP contribution in [0.25, 0.3) is 21.8 Å². The first-order valence-electron chi connectivity index (χ1n) is 9.88. The molecule has 0 radical (unpaired) electrons. The second kappa shape index (κ2) is 10.6. The Labute approximate surface area is 183 Å². The Hall–Kier alpha value is -2.07. The Bertz CT molecular complexity index is 1100. The normalized spacial score (nSPS) is 10.3. The predicted molar refractivity (Wildman–Crippen MR) is 128 cm³/mol. The van der Waals surface area contributed by atoms with E-state index in [-0.39, 0.29) is 0 Å². The maximum atomic E-state index is 5.71. The Morgan fingerprint density at radius 1 is 0.897 bits per heavy atom. The van der Waals surface area contributed by atoms with Crippen molar-refractivity contribution in [3.05, 3.63) is 75.0 Å². The molecule has 0 saturated carbocycles. The lowest BCUT2D eigenvalue weighted by molar-refractivity contribution is 0.973. The van der Waals surface area contributed by atoms with E-state index in [1.54, 1.807) is 12.3 Å². The van der Waals surface area contributed by atoms with Crippen LogP contribution in [0.15, 0.2) is 42.6 Å². The summed E-state index contributed by atoms with van der Waals surface area (Å²) in [7, 11) is 0. The second-order valence-electron chi connectivity index (χ2n) is 6.84. The summed E-state index contributed by atoms with van der Waals surface area (Å²) >= 11 is 11.2. The number of nitrogens with one attached hydrogen (secondary N) is 1. The molecule has 0 saturated heterocycles. The number of benzene rings is 2. The first-order chi connectivity index (χ1) is 13.9. The molecule has 2 heterocycles. The van der Waals surface area contributed by atoms with Crippen LogP contribution in [-0.4, -0.2) is 16.5 Å². The van der Waals surface area contributed by atoms with Gasteiger partial charge in [-0.1, -0.05) is 60.3 Å². The van der Waals surface area contributed by atoms with Crippen molar-refractivity contribution in [1.29, 1.82) is 0 Å². The molecule has 0 aliphatic rings. The number of nitrogens with two attached hydrogens (primary N) is 1. The molecule has 29 heavy (non-hydrogen) atoms. The Morgan fingerprint density at radius 3 is 2.21 bits per heavy atom. The highest BCUT2D eigenvalue weighted by atomic mass is 35.5. The van der Waals surface area contributed by atoms with E-state index in [9.17, 15) is 0 Å². The molecule has 154 valence electrons. The van der Waals surface area contributed by atoms with E-state index in [4.69, 9.17) is 28.9 Å². The van der Waals surface area contributed by atoms with Crippen LogP contribution in [0.3, 0.4) is 0 Å². The van der Waals surface area contributed by atoms with Gasteiger partial charge in [-0.3, -0.25) is 0 Å². The molecular formula is C24H29Cl2N3. The topological polar surface area (TPSA) is 54.7 Å². The number of fused-ring (bicyclic) bond motifs is 3. The molecule has 3 N–H and O–H groups in total. The number of aromatic amines is 1. The van der Waals surface area contributed by atoms with Gasteiger partial charge in [-0.05, 0) is 69.1 Å². The molecule has 0 aliphatic carbocycles. The van der Waals surface area contributed by atoms with Gasteiger partial charge < -0.3 is 10.7 Å². The predicted octanol–water partition coefficient (Wildman–Crippen LogP) is 7.16. The van der Waals surface area contributed by atoms with Crippen LogP contribution in [0, 0.1) is 20.8 Å². The van der Waals surface area contributed by atoms with Crippen molar-refractivity contribution in [3.63, 3.8) is 0 Å². The highest BCUT2D eigenvalue weighted by molar-refractivity contribution is 6.41. The van der Waals surface area contributed by atoms with Crippen molar-refractivity contribution in [3.8, 4) is 0 Å². The number of pyridine rings is 1. The van der Waals surface area contributed by atoms with Gasteiger partial charge in [0.2, 0.25) is 0 Å². The van der Waals surface area contributed by atoms with Gasteiger partial charge in [0.25, 0.3) is 0 Å². The standard InChI is InChI=1S/C16H18N2.C6H5Cl2N.C2H6/c1-10-3-4-15-13(8-10)14-9-11(2)7-12(5-6-17)16(14)18-15;1-4-2-5(7)6(8)9-3-4;1-2/h3-4,7-9,18H,5-6,17H2,1-2H3;2-3H,1H3;1-2H3. The maximum absolute atomic E-state index is 5.71. The third kappa shape index (κ3) is 5.72. The summed E-state index contributed by atoms with van der Waals surface area (Å²) in [6, 6.07) is 12.8. The summed E-state index contributed by atoms with van der Waals surface area (Å²) in [4.78, 5) is 7.34. The van der Waals surface area contributed by atoms with E-state index < -0.39 is 0 Å². The number of aryl methyl sites for hydroxylation is 3. The van der Waals surface area contributed by atoms with Crippen LogP contribution in [0.2, 0.25) is 10.2 Å². The number of rotatable bonds is 2. The van der Waals surface area contributed by atoms with Gasteiger partial charge in [-0.15, -0.1) is 0 Å². The molecule has 0 unspecified atom stereocenters.